The van der Waals surface area contributed by atoms with Crippen LogP contribution in [0.5, 0.6) is 0 Å². The number of ether oxygens (including phenoxy) is 1. The Kier molecular flexibility index (Phi) is 5.89. The van der Waals surface area contributed by atoms with Gasteiger partial charge in [0.1, 0.15) is 11.4 Å². The van der Waals surface area contributed by atoms with Crippen LogP contribution in [0, 0.1) is 6.92 Å². The number of hydrogen-bond donors (Lipinski definition) is 1. The standard InChI is InChI=1S/C17H16ClNO6S/c1-11-13(18)7-5-8-14(11)19(10-16(20)25-2)26(23,24)15-9-4-3-6-12(15)17(21)22/h3-9H,10H2,1-2H3,(H,21,22). The van der Waals surface area contributed by atoms with Gasteiger partial charge >= 0.3 is 11.9 Å². The van der Waals surface area contributed by atoms with Gasteiger partial charge in [0.2, 0.25) is 0 Å². The zero-order chi connectivity index (χ0) is 19.5. The average molecular weight is 398 g/mol. The number of anilines is 1. The number of hydrogen-bond acceptors (Lipinski definition) is 5. The van der Waals surface area contributed by atoms with Gasteiger partial charge < -0.3 is 9.84 Å². The fraction of sp³-hybridized carbons (Fsp3) is 0.176. The van der Waals surface area contributed by atoms with E-state index in [-0.39, 0.29) is 5.69 Å². The first kappa shape index (κ1) is 19.7. The third-order valence-electron chi connectivity index (χ3n) is 3.69. The van der Waals surface area contributed by atoms with Crippen molar-refractivity contribution in [2.75, 3.05) is 18.0 Å². The monoisotopic (exact) mass is 397 g/mol. The van der Waals surface area contributed by atoms with Gasteiger partial charge in [0.25, 0.3) is 10.0 Å². The molecule has 0 saturated heterocycles. The molecular formula is C17H16ClNO6S. The van der Waals surface area contributed by atoms with Gasteiger partial charge in [-0.1, -0.05) is 29.8 Å². The summed E-state index contributed by atoms with van der Waals surface area (Å²) in [5.41, 5.74) is 0.180. The summed E-state index contributed by atoms with van der Waals surface area (Å²) in [4.78, 5) is 22.8. The first-order valence-electron chi connectivity index (χ1n) is 7.37. The van der Waals surface area contributed by atoms with Crippen LogP contribution in [-0.4, -0.2) is 39.1 Å². The number of carbonyl (C=O) groups is 2. The molecule has 0 fully saturated rings. The van der Waals surface area contributed by atoms with Crippen molar-refractivity contribution >= 4 is 39.3 Å². The Morgan fingerprint density at radius 1 is 1.15 bits per heavy atom. The summed E-state index contributed by atoms with van der Waals surface area (Å²) in [5, 5.41) is 9.62. The molecule has 0 aromatic heterocycles. The normalized spacial score (nSPS) is 11.0. The highest BCUT2D eigenvalue weighted by Gasteiger charge is 2.32. The third kappa shape index (κ3) is 3.81. The molecule has 0 radical (unpaired) electrons. The van der Waals surface area contributed by atoms with E-state index in [4.69, 9.17) is 11.6 Å². The van der Waals surface area contributed by atoms with Crippen LogP contribution >= 0.6 is 11.6 Å². The first-order chi connectivity index (χ1) is 12.2. The van der Waals surface area contributed by atoms with Crippen LogP contribution in [0.15, 0.2) is 47.4 Å². The van der Waals surface area contributed by atoms with Gasteiger partial charge in [-0.25, -0.2) is 13.2 Å². The second kappa shape index (κ2) is 7.76. The summed E-state index contributed by atoms with van der Waals surface area (Å²) >= 11 is 6.07. The van der Waals surface area contributed by atoms with Gasteiger partial charge in [-0.2, -0.15) is 0 Å². The lowest BCUT2D eigenvalue weighted by atomic mass is 10.2. The van der Waals surface area contributed by atoms with E-state index in [1.165, 1.54) is 36.4 Å². The van der Waals surface area contributed by atoms with Crippen molar-refractivity contribution in [3.63, 3.8) is 0 Å². The SMILES string of the molecule is COC(=O)CN(c1cccc(Cl)c1C)S(=O)(=O)c1ccccc1C(=O)O. The second-order valence-corrected chi connectivity index (χ2v) is 7.51. The topological polar surface area (TPSA) is 101 Å². The zero-order valence-corrected chi connectivity index (χ0v) is 15.5. The van der Waals surface area contributed by atoms with Crippen molar-refractivity contribution in [3.05, 3.63) is 58.6 Å². The Bertz CT molecular complexity index is 957. The highest BCUT2D eigenvalue weighted by molar-refractivity contribution is 7.93. The van der Waals surface area contributed by atoms with Gasteiger partial charge in [-0.15, -0.1) is 0 Å². The fourth-order valence-corrected chi connectivity index (χ4v) is 4.16. The summed E-state index contributed by atoms with van der Waals surface area (Å²) in [6.07, 6.45) is 0. The number of rotatable bonds is 6. The fourth-order valence-electron chi connectivity index (χ4n) is 2.33. The van der Waals surface area contributed by atoms with E-state index < -0.39 is 39.0 Å². The van der Waals surface area contributed by atoms with Crippen LogP contribution in [0.2, 0.25) is 5.02 Å². The number of methoxy groups -OCH3 is 1. The smallest absolute Gasteiger partial charge is 0.337 e. The van der Waals surface area contributed by atoms with Crippen molar-refractivity contribution in [2.45, 2.75) is 11.8 Å². The number of esters is 1. The molecule has 0 heterocycles. The quantitative estimate of drug-likeness (QED) is 0.752. The number of halogens is 1. The van der Waals surface area contributed by atoms with Crippen molar-refractivity contribution in [3.8, 4) is 0 Å². The molecule has 0 saturated carbocycles. The molecule has 0 amide bonds. The number of carbonyl (C=O) groups excluding carboxylic acids is 1. The molecule has 9 heteroatoms. The van der Waals surface area contributed by atoms with E-state index in [9.17, 15) is 23.1 Å². The van der Waals surface area contributed by atoms with Crippen molar-refractivity contribution in [2.24, 2.45) is 0 Å². The molecule has 0 unspecified atom stereocenters. The maximum absolute atomic E-state index is 13.2. The molecule has 138 valence electrons. The minimum atomic E-state index is -4.38. The summed E-state index contributed by atoms with van der Waals surface area (Å²) in [5.74, 6) is -2.20. The Labute approximate surface area is 155 Å². The molecular weight excluding hydrogens is 382 g/mol. The van der Waals surface area contributed by atoms with Gasteiger partial charge in [-0.3, -0.25) is 9.10 Å². The van der Waals surface area contributed by atoms with Crippen LogP contribution in [-0.2, 0) is 19.6 Å². The van der Waals surface area contributed by atoms with E-state index in [1.807, 2.05) is 0 Å². The van der Waals surface area contributed by atoms with E-state index in [0.29, 0.717) is 10.6 Å². The number of nitrogens with zero attached hydrogens (tertiary/aromatic N) is 1. The zero-order valence-electron chi connectivity index (χ0n) is 14.0. The molecule has 0 atom stereocenters. The van der Waals surface area contributed by atoms with Crippen LogP contribution in [0.25, 0.3) is 0 Å². The van der Waals surface area contributed by atoms with E-state index >= 15 is 0 Å². The molecule has 0 aliphatic rings. The van der Waals surface area contributed by atoms with Gasteiger partial charge in [-0.05, 0) is 36.8 Å². The number of benzene rings is 2. The maximum atomic E-state index is 13.2. The summed E-state index contributed by atoms with van der Waals surface area (Å²) < 4.78 is 31.7. The minimum Gasteiger partial charge on any atom is -0.478 e. The largest absolute Gasteiger partial charge is 0.478 e. The minimum absolute atomic E-state index is 0.156. The molecule has 0 spiro atoms. The lowest BCUT2D eigenvalue weighted by molar-refractivity contribution is -0.138. The van der Waals surface area contributed by atoms with E-state index in [0.717, 1.165) is 11.4 Å². The molecule has 1 N–H and O–H groups in total. The predicted octanol–water partition coefficient (Wildman–Crippen LogP) is 2.71. The third-order valence-corrected chi connectivity index (χ3v) is 5.92. The molecule has 2 aromatic rings. The van der Waals surface area contributed by atoms with Crippen LogP contribution in [0.3, 0.4) is 0 Å². The van der Waals surface area contributed by atoms with Crippen molar-refractivity contribution < 1.29 is 27.9 Å². The van der Waals surface area contributed by atoms with Gasteiger partial charge in [0.15, 0.2) is 0 Å². The Balaban J connectivity index is 2.71. The molecule has 0 aliphatic heterocycles. The second-order valence-electron chi connectivity index (χ2n) is 5.27. The lowest BCUT2D eigenvalue weighted by Gasteiger charge is -2.26. The highest BCUT2D eigenvalue weighted by Crippen LogP contribution is 2.31. The molecule has 0 bridgehead atoms. The highest BCUT2D eigenvalue weighted by atomic mass is 35.5. The lowest BCUT2D eigenvalue weighted by Crippen LogP contribution is -2.37. The van der Waals surface area contributed by atoms with Gasteiger partial charge in [0.05, 0.1) is 18.4 Å². The first-order valence-corrected chi connectivity index (χ1v) is 9.19. The van der Waals surface area contributed by atoms with Crippen molar-refractivity contribution in [1.82, 2.24) is 0 Å². The number of carboxylic acids is 1. The van der Waals surface area contributed by atoms with Gasteiger partial charge in [0, 0.05) is 5.02 Å². The van der Waals surface area contributed by atoms with Crippen molar-refractivity contribution in [1.29, 1.82) is 0 Å². The van der Waals surface area contributed by atoms with Crippen LogP contribution < -0.4 is 4.31 Å². The van der Waals surface area contributed by atoms with E-state index in [1.54, 1.807) is 13.0 Å². The molecule has 7 nitrogen and oxygen atoms in total. The Morgan fingerprint density at radius 2 is 1.81 bits per heavy atom. The summed E-state index contributed by atoms with van der Waals surface area (Å²) in [7, 11) is -3.25. The predicted molar refractivity (Wildman–Crippen MR) is 96.1 cm³/mol. The molecule has 0 aliphatic carbocycles. The number of aromatic carboxylic acids is 1. The molecule has 26 heavy (non-hydrogen) atoms. The molecule has 2 aromatic carbocycles. The number of sulfonamides is 1. The van der Waals surface area contributed by atoms with Crippen LogP contribution in [0.4, 0.5) is 5.69 Å². The molecule has 2 rings (SSSR count). The Hall–Kier alpha value is -2.58. The van der Waals surface area contributed by atoms with Crippen LogP contribution in [0.1, 0.15) is 15.9 Å². The Morgan fingerprint density at radius 3 is 2.42 bits per heavy atom. The number of carboxylic acid groups (broad SMARTS) is 1. The average Bonchev–Trinajstić information content (AvgIpc) is 2.62. The van der Waals surface area contributed by atoms with E-state index in [2.05, 4.69) is 4.74 Å². The summed E-state index contributed by atoms with van der Waals surface area (Å²) in [6, 6.07) is 9.75. The maximum Gasteiger partial charge on any atom is 0.337 e. The summed E-state index contributed by atoms with van der Waals surface area (Å²) in [6.45, 7) is 0.967.